The molecule has 0 bridgehead atoms. The highest BCUT2D eigenvalue weighted by Gasteiger charge is 2.36. The fourth-order valence-corrected chi connectivity index (χ4v) is 25.0. The summed E-state index contributed by atoms with van der Waals surface area (Å²) in [5.74, 6) is 0.0173. The van der Waals surface area contributed by atoms with Gasteiger partial charge in [-0.1, -0.05) is 55.1 Å². The summed E-state index contributed by atoms with van der Waals surface area (Å²) in [4.78, 5) is 114. The number of para-hydroxylation sites is 4. The Hall–Kier alpha value is -11.3. The van der Waals surface area contributed by atoms with Crippen LogP contribution in [0.25, 0.3) is 83.2 Å². The average Bonchev–Trinajstić information content (AvgIpc) is 1.61. The number of amides is 6. The van der Waals surface area contributed by atoms with Crippen molar-refractivity contribution in [2.75, 3.05) is 66.8 Å². The highest BCUT2D eigenvalue weighted by molar-refractivity contribution is 7.25. The molecule has 139 heavy (non-hydrogen) atoms. The molecule has 732 valence electrons. The Balaban J connectivity index is 0.000000142. The molecule has 0 unspecified atom stereocenters. The summed E-state index contributed by atoms with van der Waals surface area (Å²) in [6.07, 6.45) is 15.7. The molecule has 4 aliphatic rings. The van der Waals surface area contributed by atoms with Crippen LogP contribution in [0.4, 0.5) is 34.4 Å². The van der Waals surface area contributed by atoms with Gasteiger partial charge in [0.1, 0.15) is 51.8 Å². The second kappa shape index (κ2) is 46.9. The number of anilines is 4. The molecule has 0 fully saturated rings. The van der Waals surface area contributed by atoms with Crippen molar-refractivity contribution in [1.29, 1.82) is 0 Å². The van der Waals surface area contributed by atoms with Gasteiger partial charge >= 0.3 is 18.3 Å². The van der Waals surface area contributed by atoms with Gasteiger partial charge in [0.25, 0.3) is 0 Å². The number of thiazole rings is 4. The minimum absolute atomic E-state index is 0.0209. The summed E-state index contributed by atoms with van der Waals surface area (Å²) >= 11 is 22.8. The summed E-state index contributed by atoms with van der Waals surface area (Å²) < 4.78 is 26.4. The van der Waals surface area contributed by atoms with E-state index in [9.17, 15) is 33.6 Å². The van der Waals surface area contributed by atoms with Crippen LogP contribution in [0.3, 0.4) is 0 Å². The van der Waals surface area contributed by atoms with Gasteiger partial charge in [-0.15, -0.1) is 102 Å². The van der Waals surface area contributed by atoms with Crippen molar-refractivity contribution in [3.05, 3.63) is 205 Å². The van der Waals surface area contributed by atoms with Gasteiger partial charge in [-0.05, 0) is 183 Å². The number of aromatic nitrogens is 10. The standard InChI is InChI=1S/C27H32N6O3S2.C22H24N6OS2.C22H23N3O3S2.C19H21N3O2S2.C5H9N3.C3H4Cl2O/c1-27(2,3)36-26(35)33-12-10-18-21(16-33)38-25(23(18)24-30-19-7-5-6-8-20(19)37-24)31-22(34)9-11-28-13-17-14-29-32(4)15-17;1-28-13-14(11-25-28)10-23-9-7-19(29)27-22-20(15-6-8-24-12-18(15)31-22)21-26-16-4-2-3-5-17(16)30-21;1-5-17(26)24-20-18(19-23-14-8-6-7-9-15(14)29-19)13-10-11-25(12-16(13)30-20)21(27)28-22(2,3)4;1-19(2,3)24-18(23)22-9-8-11-14(10-22)25-16(20)15(11)17-21-12-6-4-5-7-13(12)26-17;1-8-4-5(2-6)3-7-8;4-2-1-3(5)6/h5-8,14-15,28H,9-13,16H2,1-4H3,(H,31,34);2-5,11,13,23-24H,6-10,12H2,1H3,(H,27,29);5-9H,1,10-12H2,2-4H3,(H,24,26);4-7H,8-10,20H2,1-3H3;3-4H,2,6H2,1H3;1-2H2. The van der Waals surface area contributed by atoms with Crippen LogP contribution in [0.15, 0.2) is 147 Å². The van der Waals surface area contributed by atoms with Crippen LogP contribution in [0, 0.1) is 0 Å². The van der Waals surface area contributed by atoms with E-state index < -0.39 is 16.8 Å². The van der Waals surface area contributed by atoms with Crippen LogP contribution in [0.2, 0.25) is 0 Å². The highest BCUT2D eigenvalue weighted by atomic mass is 35.5. The van der Waals surface area contributed by atoms with Crippen molar-refractivity contribution < 1.29 is 47.8 Å². The number of nitrogen functional groups attached to an aromatic ring is 1. The number of nitrogens with one attached hydrogen (secondary N) is 6. The van der Waals surface area contributed by atoms with Crippen molar-refractivity contribution in [2.45, 2.75) is 170 Å². The maximum Gasteiger partial charge on any atom is 0.410 e. The molecule has 0 saturated carbocycles. The van der Waals surface area contributed by atoms with Gasteiger partial charge in [0.2, 0.25) is 23.0 Å². The number of nitrogens with zero attached hydrogens (tertiary/aromatic N) is 13. The number of benzene rings is 4. The number of aryl methyl sites for hydroxylation is 3. The lowest BCUT2D eigenvalue weighted by Crippen LogP contribution is -2.39. The zero-order chi connectivity index (χ0) is 99.0. The second-order valence-corrected chi connectivity index (χ2v) is 45.3. The van der Waals surface area contributed by atoms with E-state index in [-0.39, 0.29) is 47.7 Å². The van der Waals surface area contributed by atoms with E-state index in [0.29, 0.717) is 104 Å². The Morgan fingerprint density at radius 1 is 0.460 bits per heavy atom. The predicted molar refractivity (Wildman–Crippen MR) is 565 cm³/mol. The van der Waals surface area contributed by atoms with E-state index >= 15 is 0 Å². The van der Waals surface area contributed by atoms with E-state index in [4.69, 9.17) is 68.8 Å². The van der Waals surface area contributed by atoms with Crippen LogP contribution in [0.5, 0.6) is 0 Å². The molecule has 0 aliphatic carbocycles. The van der Waals surface area contributed by atoms with Crippen LogP contribution in [-0.4, -0.2) is 167 Å². The molecule has 4 aliphatic heterocycles. The first-order valence-corrected chi connectivity index (χ1v) is 52.7. The van der Waals surface area contributed by atoms with E-state index in [1.807, 2.05) is 193 Å². The third-order valence-corrected chi connectivity index (χ3v) is 30.6. The highest BCUT2D eigenvalue weighted by Crippen LogP contribution is 2.50. The number of halogens is 2. The predicted octanol–water partition coefficient (Wildman–Crippen LogP) is 20.3. The SMILES string of the molecule is C=CC(=O)Nc1sc2c(c1-c1nc3ccccc3s1)CCN(C(=O)OC(C)(C)C)C2.CC(C)(C)OC(=O)N1CCc2c(sc(N)c2-c2nc3ccccc3s2)C1.Cn1cc(CN)cn1.Cn1cc(CNCCC(=O)Nc2sc3c(c2-c2nc4ccccc4s2)CCN(C(=O)OC(C)(C)C)C3)cn1.Cn1cc(CNCCC(=O)Nc2sc3c(c2-c2nc4ccccc4s2)CCNC3)cn1.O=C(Cl)CCCl. The van der Waals surface area contributed by atoms with E-state index in [1.54, 1.807) is 103 Å². The largest absolute Gasteiger partial charge is 0.444 e. The number of rotatable bonds is 21. The number of hydrogen-bond acceptors (Lipinski definition) is 30. The molecule has 15 aromatic rings. The molecule has 10 N–H and O–H groups in total. The zero-order valence-electron chi connectivity index (χ0n) is 79.4. The summed E-state index contributed by atoms with van der Waals surface area (Å²) in [6.45, 7) is 28.5. The Kier molecular flexibility index (Phi) is 34.9. The number of hydrogen-bond donors (Lipinski definition) is 8. The third-order valence-electron chi connectivity index (χ3n) is 21.6. The number of carbonyl (C=O) groups excluding carboxylic acids is 7. The Labute approximate surface area is 848 Å². The third kappa shape index (κ3) is 27.9. The minimum Gasteiger partial charge on any atom is -0.444 e. The molecule has 11 aromatic heterocycles. The minimum atomic E-state index is -0.552. The molecular formula is C98H113Cl2N21O10S8. The number of nitrogens with two attached hydrogens (primary N) is 2. The van der Waals surface area contributed by atoms with Crippen molar-refractivity contribution in [1.82, 2.24) is 79.9 Å². The molecule has 0 saturated heterocycles. The van der Waals surface area contributed by atoms with E-state index in [1.165, 1.54) is 49.5 Å². The smallest absolute Gasteiger partial charge is 0.410 e. The Morgan fingerprint density at radius 2 is 0.799 bits per heavy atom. The van der Waals surface area contributed by atoms with Gasteiger partial charge in [-0.2, -0.15) is 15.3 Å². The number of thiophene rings is 4. The number of alkyl halides is 1. The van der Waals surface area contributed by atoms with Gasteiger partial charge in [-0.25, -0.2) is 34.3 Å². The van der Waals surface area contributed by atoms with Crippen LogP contribution in [0.1, 0.15) is 140 Å². The van der Waals surface area contributed by atoms with Crippen molar-refractivity contribution >= 4 is 216 Å². The summed E-state index contributed by atoms with van der Waals surface area (Å²) in [5, 5.41) is 38.1. The fourth-order valence-electron chi connectivity index (χ4n) is 15.3. The fraction of sp³-hybridized carbons (Fsp3) is 0.367. The first-order chi connectivity index (χ1) is 66.5. The maximum atomic E-state index is 13.0. The summed E-state index contributed by atoms with van der Waals surface area (Å²) in [5.41, 5.74) is 26.2. The van der Waals surface area contributed by atoms with Gasteiger partial charge in [0, 0.05) is 182 Å². The van der Waals surface area contributed by atoms with Crippen molar-refractivity contribution in [2.24, 2.45) is 26.9 Å². The molecular weight excluding hydrogens is 1960 g/mol. The first-order valence-electron chi connectivity index (χ1n) is 45.2. The molecule has 31 nitrogen and oxygen atoms in total. The van der Waals surface area contributed by atoms with Gasteiger partial charge < -0.3 is 72.3 Å². The maximum absolute atomic E-state index is 13.0. The van der Waals surface area contributed by atoms with Crippen molar-refractivity contribution in [3.8, 4) is 42.3 Å². The topological polar surface area (TPSA) is 386 Å². The normalized spacial score (nSPS) is 13.3. The zero-order valence-corrected chi connectivity index (χ0v) is 87.5. The van der Waals surface area contributed by atoms with Crippen molar-refractivity contribution in [3.63, 3.8) is 0 Å². The molecule has 0 spiro atoms. The van der Waals surface area contributed by atoms with E-state index in [0.717, 1.165) is 167 Å². The number of fused-ring (bicyclic) bond motifs is 8. The van der Waals surface area contributed by atoms with Crippen LogP contribution in [-0.2, 0) is 126 Å². The monoisotopic (exact) mass is 2070 g/mol. The van der Waals surface area contributed by atoms with Crippen LogP contribution < -0.4 is 43.4 Å². The van der Waals surface area contributed by atoms with Gasteiger partial charge in [-0.3, -0.25) is 33.2 Å². The molecule has 15 heterocycles. The molecule has 19 rings (SSSR count). The second-order valence-electron chi connectivity index (χ2n) is 35.9. The number of ether oxygens (including phenoxy) is 3. The lowest BCUT2D eigenvalue weighted by atomic mass is 10.0. The molecule has 4 aromatic carbocycles. The Morgan fingerprint density at radius 3 is 1.12 bits per heavy atom. The molecule has 6 amide bonds. The lowest BCUT2D eigenvalue weighted by Gasteiger charge is -2.30. The van der Waals surface area contributed by atoms with Gasteiger partial charge in [0.15, 0.2) is 0 Å². The molecule has 0 radical (unpaired) electrons. The molecule has 0 atom stereocenters. The van der Waals surface area contributed by atoms with Gasteiger partial charge in [0.05, 0.1) is 84.1 Å². The first kappa shape index (κ1) is 104. The average molecular weight is 2070 g/mol. The summed E-state index contributed by atoms with van der Waals surface area (Å²) in [6, 6.07) is 32.4. The quantitative estimate of drug-likeness (QED) is 0.0109. The molecule has 41 heteroatoms. The summed E-state index contributed by atoms with van der Waals surface area (Å²) in [7, 11) is 5.66. The van der Waals surface area contributed by atoms with E-state index in [2.05, 4.69) is 72.0 Å². The lowest BCUT2D eigenvalue weighted by molar-refractivity contribution is -0.116. The number of carbonyl (C=O) groups is 7. The van der Waals surface area contributed by atoms with Crippen LogP contribution >= 0.6 is 114 Å². The Bertz CT molecular complexity index is 6760.